The molecule has 0 aliphatic heterocycles. The number of aromatic nitrogens is 2. The van der Waals surface area contributed by atoms with Crippen LogP contribution >= 0.6 is 34.7 Å². The summed E-state index contributed by atoms with van der Waals surface area (Å²) in [6.07, 6.45) is -4.52. The molecule has 0 unspecified atom stereocenters. The predicted octanol–water partition coefficient (Wildman–Crippen LogP) is 4.00. The molecule has 1 aromatic carbocycles. The number of thioether (sulfide) groups is 1. The lowest BCUT2D eigenvalue weighted by atomic mass is 10.2. The van der Waals surface area contributed by atoms with Gasteiger partial charge in [0.25, 0.3) is 0 Å². The van der Waals surface area contributed by atoms with Gasteiger partial charge < -0.3 is 15.4 Å². The summed E-state index contributed by atoms with van der Waals surface area (Å²) in [7, 11) is 1.58. The molecule has 6 nitrogen and oxygen atoms in total. The van der Waals surface area contributed by atoms with Crippen molar-refractivity contribution in [1.29, 1.82) is 0 Å². The quantitative estimate of drug-likeness (QED) is 0.491. The van der Waals surface area contributed by atoms with Crippen LogP contribution in [-0.4, -0.2) is 42.1 Å². The summed E-state index contributed by atoms with van der Waals surface area (Å²) < 4.78 is 43.6. The molecule has 142 valence electrons. The van der Waals surface area contributed by atoms with Gasteiger partial charge in [0.2, 0.25) is 11.0 Å². The number of halogens is 4. The van der Waals surface area contributed by atoms with E-state index in [9.17, 15) is 18.0 Å². The van der Waals surface area contributed by atoms with Crippen molar-refractivity contribution in [1.82, 2.24) is 10.2 Å². The molecule has 1 heterocycles. The molecule has 1 amide bonds. The summed E-state index contributed by atoms with van der Waals surface area (Å²) in [5, 5.41) is 13.8. The lowest BCUT2D eigenvalue weighted by Crippen LogP contribution is -2.15. The molecule has 26 heavy (non-hydrogen) atoms. The Morgan fingerprint density at radius 2 is 2.15 bits per heavy atom. The van der Waals surface area contributed by atoms with Crippen molar-refractivity contribution in [3.63, 3.8) is 0 Å². The molecule has 0 saturated carbocycles. The zero-order chi connectivity index (χ0) is 19.2. The number of ether oxygens (including phenoxy) is 1. The fraction of sp³-hybridized carbons (Fsp3) is 0.357. The van der Waals surface area contributed by atoms with Gasteiger partial charge in [0.05, 0.1) is 28.6 Å². The summed E-state index contributed by atoms with van der Waals surface area (Å²) in [5.74, 6) is -0.542. The van der Waals surface area contributed by atoms with E-state index in [1.54, 1.807) is 7.11 Å². The van der Waals surface area contributed by atoms with Crippen molar-refractivity contribution in [3.8, 4) is 0 Å². The molecule has 0 aliphatic carbocycles. The third kappa shape index (κ3) is 6.31. The fourth-order valence-electron chi connectivity index (χ4n) is 1.71. The largest absolute Gasteiger partial charge is 0.416 e. The first-order valence-corrected chi connectivity index (χ1v) is 9.33. The van der Waals surface area contributed by atoms with Crippen molar-refractivity contribution in [2.75, 3.05) is 36.6 Å². The van der Waals surface area contributed by atoms with Gasteiger partial charge in [0.15, 0.2) is 4.34 Å². The Hall–Kier alpha value is -1.56. The van der Waals surface area contributed by atoms with Gasteiger partial charge in [-0.2, -0.15) is 13.2 Å². The number of amides is 1. The molecule has 2 rings (SSSR count). The first-order valence-electron chi connectivity index (χ1n) is 7.15. The van der Waals surface area contributed by atoms with Gasteiger partial charge in [-0.05, 0) is 18.2 Å². The van der Waals surface area contributed by atoms with Crippen molar-refractivity contribution >= 4 is 51.4 Å². The Kier molecular flexibility index (Phi) is 7.50. The SMILES string of the molecule is COCCNc1nnc(SCC(=O)Nc2cc(C(F)(F)F)ccc2Cl)s1. The Labute approximate surface area is 160 Å². The Morgan fingerprint density at radius 3 is 2.85 bits per heavy atom. The molecule has 0 fully saturated rings. The summed E-state index contributed by atoms with van der Waals surface area (Å²) in [5.41, 5.74) is -0.980. The van der Waals surface area contributed by atoms with E-state index in [4.69, 9.17) is 16.3 Å². The lowest BCUT2D eigenvalue weighted by Gasteiger charge is -2.11. The minimum atomic E-state index is -4.52. The van der Waals surface area contributed by atoms with E-state index in [1.807, 2.05) is 0 Å². The predicted molar refractivity (Wildman–Crippen MR) is 96.1 cm³/mol. The maximum Gasteiger partial charge on any atom is 0.416 e. The smallest absolute Gasteiger partial charge is 0.383 e. The maximum atomic E-state index is 12.7. The first kappa shape index (κ1) is 20.7. The van der Waals surface area contributed by atoms with E-state index in [0.29, 0.717) is 22.6 Å². The second-order valence-corrected chi connectivity index (χ2v) is 7.43. The molecular weight excluding hydrogens is 413 g/mol. The van der Waals surface area contributed by atoms with Gasteiger partial charge in [-0.15, -0.1) is 10.2 Å². The van der Waals surface area contributed by atoms with Crippen LogP contribution in [0, 0.1) is 0 Å². The molecule has 2 N–H and O–H groups in total. The van der Waals surface area contributed by atoms with Gasteiger partial charge in [-0.25, -0.2) is 0 Å². The topological polar surface area (TPSA) is 76.1 Å². The average molecular weight is 427 g/mol. The molecule has 0 atom stereocenters. The third-order valence-corrected chi connectivity index (χ3v) is 5.23. The average Bonchev–Trinajstić information content (AvgIpc) is 3.02. The normalized spacial score (nSPS) is 11.4. The lowest BCUT2D eigenvalue weighted by molar-refractivity contribution is -0.137. The molecule has 0 aliphatic rings. The van der Waals surface area contributed by atoms with Crippen molar-refractivity contribution in [2.24, 2.45) is 0 Å². The van der Waals surface area contributed by atoms with E-state index < -0.39 is 17.6 Å². The number of hydrogen-bond donors (Lipinski definition) is 2. The highest BCUT2D eigenvalue weighted by Crippen LogP contribution is 2.34. The van der Waals surface area contributed by atoms with Crippen LogP contribution in [0.1, 0.15) is 5.56 Å². The number of nitrogens with one attached hydrogen (secondary N) is 2. The van der Waals surface area contributed by atoms with E-state index in [2.05, 4.69) is 20.8 Å². The van der Waals surface area contributed by atoms with Crippen LogP contribution in [-0.2, 0) is 15.7 Å². The Balaban J connectivity index is 1.89. The minimum absolute atomic E-state index is 0.0249. The number of benzene rings is 1. The summed E-state index contributed by atoms with van der Waals surface area (Å²) in [6.45, 7) is 1.09. The van der Waals surface area contributed by atoms with Gasteiger partial charge >= 0.3 is 6.18 Å². The molecule has 2 aromatic rings. The zero-order valence-corrected chi connectivity index (χ0v) is 15.8. The van der Waals surface area contributed by atoms with Crippen molar-refractivity contribution in [3.05, 3.63) is 28.8 Å². The maximum absolute atomic E-state index is 12.7. The van der Waals surface area contributed by atoms with Crippen LogP contribution in [0.5, 0.6) is 0 Å². The van der Waals surface area contributed by atoms with E-state index in [0.717, 1.165) is 30.0 Å². The standard InChI is InChI=1S/C14H14ClF3N4O2S2/c1-24-5-4-19-12-21-22-13(26-12)25-7-11(23)20-10-6-8(14(16,17)18)2-3-9(10)15/h2-3,6H,4-5,7H2,1H3,(H,19,21)(H,20,23). The molecule has 0 spiro atoms. The molecule has 12 heteroatoms. The molecule has 0 saturated heterocycles. The number of anilines is 2. The number of nitrogens with zero attached hydrogens (tertiary/aromatic N) is 2. The molecule has 1 aromatic heterocycles. The van der Waals surface area contributed by atoms with Gasteiger partial charge in [0.1, 0.15) is 0 Å². The summed E-state index contributed by atoms with van der Waals surface area (Å²) >= 11 is 8.22. The second kappa shape index (κ2) is 9.40. The number of hydrogen-bond acceptors (Lipinski definition) is 7. The van der Waals surface area contributed by atoms with Crippen molar-refractivity contribution in [2.45, 2.75) is 10.5 Å². The number of carbonyl (C=O) groups is 1. The monoisotopic (exact) mass is 426 g/mol. The van der Waals surface area contributed by atoms with Gasteiger partial charge in [0, 0.05) is 13.7 Å². The highest BCUT2D eigenvalue weighted by molar-refractivity contribution is 8.01. The van der Waals surface area contributed by atoms with Gasteiger partial charge in [-0.1, -0.05) is 34.7 Å². The van der Waals surface area contributed by atoms with Crippen LogP contribution in [0.2, 0.25) is 5.02 Å². The number of rotatable bonds is 8. The van der Waals surface area contributed by atoms with Crippen LogP contribution in [0.3, 0.4) is 0 Å². The van der Waals surface area contributed by atoms with Crippen LogP contribution < -0.4 is 10.6 Å². The number of methoxy groups -OCH3 is 1. The summed E-state index contributed by atoms with van der Waals surface area (Å²) in [4.78, 5) is 12.0. The van der Waals surface area contributed by atoms with E-state index >= 15 is 0 Å². The van der Waals surface area contributed by atoms with Crippen LogP contribution in [0.4, 0.5) is 24.0 Å². The Bertz CT molecular complexity index is 758. The third-order valence-electron chi connectivity index (χ3n) is 2.88. The molecular formula is C14H14ClF3N4O2S2. The summed E-state index contributed by atoms with van der Waals surface area (Å²) in [6, 6.07) is 2.75. The van der Waals surface area contributed by atoms with Crippen molar-refractivity contribution < 1.29 is 22.7 Å². The second-order valence-electron chi connectivity index (χ2n) is 4.82. The van der Waals surface area contributed by atoms with Crippen LogP contribution in [0.15, 0.2) is 22.5 Å². The fourth-order valence-corrected chi connectivity index (χ4v) is 3.45. The first-order chi connectivity index (χ1) is 12.3. The van der Waals surface area contributed by atoms with Crippen LogP contribution in [0.25, 0.3) is 0 Å². The highest BCUT2D eigenvalue weighted by atomic mass is 35.5. The zero-order valence-electron chi connectivity index (χ0n) is 13.4. The van der Waals surface area contributed by atoms with E-state index in [1.165, 1.54) is 11.3 Å². The number of alkyl halides is 3. The minimum Gasteiger partial charge on any atom is -0.383 e. The number of carbonyl (C=O) groups excluding carboxylic acids is 1. The highest BCUT2D eigenvalue weighted by Gasteiger charge is 2.31. The van der Waals surface area contributed by atoms with Gasteiger partial charge in [-0.3, -0.25) is 4.79 Å². The Morgan fingerprint density at radius 1 is 1.38 bits per heavy atom. The molecule has 0 bridgehead atoms. The van der Waals surface area contributed by atoms with E-state index in [-0.39, 0.29) is 16.5 Å². The molecule has 0 radical (unpaired) electrons.